The van der Waals surface area contributed by atoms with Crippen molar-refractivity contribution >= 4 is 13.3 Å². The standard InChI is InChI=1S/C30H32Si/c1-5-13-27(14-6-1)21-24-31(30-19-11-4-12-20-30,25-22-28-15-7-2-8-16-28)26-23-29-17-9-3-10-18-29/h1-20H,21-26H2. The topological polar surface area (TPSA) is 0 Å². The molecule has 0 aliphatic heterocycles. The third-order valence-electron chi connectivity index (χ3n) is 6.59. The molecule has 0 amide bonds. The molecule has 0 heterocycles. The molecule has 4 aromatic rings. The molecular weight excluding hydrogens is 388 g/mol. The molecular formula is C30H32Si. The van der Waals surface area contributed by atoms with Crippen molar-refractivity contribution in [3.05, 3.63) is 138 Å². The lowest BCUT2D eigenvalue weighted by Crippen LogP contribution is -2.48. The normalized spacial score (nSPS) is 11.4. The maximum absolute atomic E-state index is 2.41. The summed E-state index contributed by atoms with van der Waals surface area (Å²) in [7, 11) is -1.72. The summed E-state index contributed by atoms with van der Waals surface area (Å²) in [6.07, 6.45) is 3.52. The van der Waals surface area contributed by atoms with Crippen LogP contribution in [0, 0.1) is 0 Å². The van der Waals surface area contributed by atoms with E-state index in [9.17, 15) is 0 Å². The molecule has 4 aromatic carbocycles. The molecule has 0 fully saturated rings. The number of benzene rings is 4. The molecule has 0 atom stereocenters. The van der Waals surface area contributed by atoms with Gasteiger partial charge in [0.15, 0.2) is 0 Å². The fourth-order valence-corrected chi connectivity index (χ4v) is 9.50. The van der Waals surface area contributed by atoms with Crippen molar-refractivity contribution in [2.24, 2.45) is 0 Å². The van der Waals surface area contributed by atoms with Crippen LogP contribution in [0.4, 0.5) is 0 Å². The Morgan fingerprint density at radius 2 is 0.645 bits per heavy atom. The predicted molar refractivity (Wildman–Crippen MR) is 137 cm³/mol. The first-order valence-electron chi connectivity index (χ1n) is 11.5. The Morgan fingerprint density at radius 1 is 0.355 bits per heavy atom. The zero-order valence-corrected chi connectivity index (χ0v) is 19.3. The van der Waals surface area contributed by atoms with Crippen molar-refractivity contribution < 1.29 is 0 Å². The molecule has 0 saturated carbocycles. The first kappa shape index (κ1) is 21.3. The third kappa shape index (κ3) is 6.05. The third-order valence-corrected chi connectivity index (χ3v) is 11.8. The highest BCUT2D eigenvalue weighted by Crippen LogP contribution is 2.28. The van der Waals surface area contributed by atoms with E-state index in [1.54, 1.807) is 5.19 Å². The van der Waals surface area contributed by atoms with Gasteiger partial charge in [-0.1, -0.05) is 127 Å². The molecule has 0 bridgehead atoms. The summed E-state index contributed by atoms with van der Waals surface area (Å²) in [5.41, 5.74) is 4.40. The molecule has 0 nitrogen and oxygen atoms in total. The number of aryl methyl sites for hydroxylation is 3. The van der Waals surface area contributed by atoms with Crippen LogP contribution in [0.15, 0.2) is 121 Å². The molecule has 156 valence electrons. The van der Waals surface area contributed by atoms with Crippen LogP contribution in [0.5, 0.6) is 0 Å². The zero-order chi connectivity index (χ0) is 21.2. The second-order valence-electron chi connectivity index (χ2n) is 8.60. The summed E-state index contributed by atoms with van der Waals surface area (Å²) in [5.74, 6) is 0. The van der Waals surface area contributed by atoms with Gasteiger partial charge in [0.25, 0.3) is 0 Å². The van der Waals surface area contributed by atoms with E-state index in [-0.39, 0.29) is 0 Å². The van der Waals surface area contributed by atoms with Gasteiger partial charge in [0.1, 0.15) is 0 Å². The predicted octanol–water partition coefficient (Wildman–Crippen LogP) is 7.07. The molecule has 0 aliphatic carbocycles. The summed E-state index contributed by atoms with van der Waals surface area (Å²) < 4.78 is 0. The van der Waals surface area contributed by atoms with E-state index in [1.165, 1.54) is 54.1 Å². The quantitative estimate of drug-likeness (QED) is 0.241. The largest absolute Gasteiger partial charge is 0.0876 e. The highest BCUT2D eigenvalue weighted by molar-refractivity contribution is 6.92. The monoisotopic (exact) mass is 420 g/mol. The highest BCUT2D eigenvalue weighted by atomic mass is 28.3. The van der Waals surface area contributed by atoms with Gasteiger partial charge in [0, 0.05) is 0 Å². The lowest BCUT2D eigenvalue weighted by Gasteiger charge is -2.33. The van der Waals surface area contributed by atoms with Gasteiger partial charge in [-0.25, -0.2) is 0 Å². The summed E-state index contributed by atoms with van der Waals surface area (Å²) in [5, 5.41) is 1.62. The van der Waals surface area contributed by atoms with Crippen LogP contribution in [-0.2, 0) is 19.3 Å². The van der Waals surface area contributed by atoms with Crippen LogP contribution in [-0.4, -0.2) is 8.07 Å². The summed E-state index contributed by atoms with van der Waals surface area (Å²) in [6, 6.07) is 48.5. The second kappa shape index (κ2) is 10.9. The van der Waals surface area contributed by atoms with Crippen molar-refractivity contribution in [1.29, 1.82) is 0 Å². The summed E-state index contributed by atoms with van der Waals surface area (Å²) in [6.45, 7) is 0. The minimum absolute atomic E-state index is 1.17. The van der Waals surface area contributed by atoms with Gasteiger partial charge in [-0.05, 0) is 54.1 Å². The van der Waals surface area contributed by atoms with Gasteiger partial charge >= 0.3 is 0 Å². The first-order valence-corrected chi connectivity index (χ1v) is 14.1. The molecule has 0 unspecified atom stereocenters. The van der Waals surface area contributed by atoms with E-state index in [1.807, 2.05) is 0 Å². The van der Waals surface area contributed by atoms with Crippen LogP contribution in [0.3, 0.4) is 0 Å². The maximum Gasteiger partial charge on any atom is 0.0876 e. The Morgan fingerprint density at radius 3 is 0.968 bits per heavy atom. The van der Waals surface area contributed by atoms with Gasteiger partial charge < -0.3 is 0 Å². The van der Waals surface area contributed by atoms with Crippen LogP contribution in [0.25, 0.3) is 0 Å². The van der Waals surface area contributed by atoms with Crippen molar-refractivity contribution in [1.82, 2.24) is 0 Å². The summed E-state index contributed by atoms with van der Waals surface area (Å²) in [4.78, 5) is 0. The molecule has 1 heteroatoms. The lowest BCUT2D eigenvalue weighted by molar-refractivity contribution is 0.979. The maximum atomic E-state index is 2.41. The highest BCUT2D eigenvalue weighted by Gasteiger charge is 2.34. The second-order valence-corrected chi connectivity index (χ2v) is 13.2. The van der Waals surface area contributed by atoms with E-state index in [2.05, 4.69) is 121 Å². The number of hydrogen-bond acceptors (Lipinski definition) is 0. The van der Waals surface area contributed by atoms with E-state index in [4.69, 9.17) is 0 Å². The molecule has 0 aromatic heterocycles. The van der Waals surface area contributed by atoms with Crippen molar-refractivity contribution in [2.75, 3.05) is 0 Å². The minimum Gasteiger partial charge on any atom is -0.0630 e. The van der Waals surface area contributed by atoms with E-state index in [0.717, 1.165) is 0 Å². The number of rotatable bonds is 10. The Bertz CT molecular complexity index is 905. The van der Waals surface area contributed by atoms with Gasteiger partial charge in [-0.2, -0.15) is 0 Å². The van der Waals surface area contributed by atoms with Crippen LogP contribution in [0.2, 0.25) is 18.1 Å². The SMILES string of the molecule is c1ccc(CC[Si](CCc2ccccc2)(CCc2ccccc2)c2ccccc2)cc1. The average molecular weight is 421 g/mol. The fourth-order valence-electron chi connectivity index (χ4n) is 4.68. The van der Waals surface area contributed by atoms with E-state index >= 15 is 0 Å². The smallest absolute Gasteiger partial charge is 0.0630 e. The van der Waals surface area contributed by atoms with E-state index < -0.39 is 8.07 Å². The summed E-state index contributed by atoms with van der Waals surface area (Å²) >= 11 is 0. The van der Waals surface area contributed by atoms with Crippen LogP contribution < -0.4 is 5.19 Å². The van der Waals surface area contributed by atoms with Crippen molar-refractivity contribution in [2.45, 2.75) is 37.4 Å². The molecule has 4 rings (SSSR count). The van der Waals surface area contributed by atoms with Gasteiger partial charge in [0.2, 0.25) is 0 Å². The minimum atomic E-state index is -1.72. The Kier molecular flexibility index (Phi) is 7.52. The van der Waals surface area contributed by atoms with E-state index in [0.29, 0.717) is 0 Å². The molecule has 0 saturated heterocycles. The van der Waals surface area contributed by atoms with Crippen molar-refractivity contribution in [3.8, 4) is 0 Å². The molecule has 0 aliphatic rings. The van der Waals surface area contributed by atoms with Crippen molar-refractivity contribution in [3.63, 3.8) is 0 Å². The molecule has 31 heavy (non-hydrogen) atoms. The Labute approximate surface area is 188 Å². The van der Waals surface area contributed by atoms with Crippen LogP contribution in [0.1, 0.15) is 16.7 Å². The molecule has 0 radical (unpaired) electrons. The molecule has 0 spiro atoms. The Balaban J connectivity index is 1.63. The van der Waals surface area contributed by atoms with Gasteiger partial charge in [-0.15, -0.1) is 0 Å². The zero-order valence-electron chi connectivity index (χ0n) is 18.3. The van der Waals surface area contributed by atoms with Gasteiger partial charge in [-0.3, -0.25) is 0 Å². The Hall–Kier alpha value is -2.90. The fraction of sp³-hybridized carbons (Fsp3) is 0.200. The average Bonchev–Trinajstić information content (AvgIpc) is 2.86. The van der Waals surface area contributed by atoms with Crippen LogP contribution >= 0.6 is 0 Å². The number of hydrogen-bond donors (Lipinski definition) is 0. The first-order chi connectivity index (χ1) is 15.3. The lowest BCUT2D eigenvalue weighted by atomic mass is 10.2. The molecule has 0 N–H and O–H groups in total. The van der Waals surface area contributed by atoms with Gasteiger partial charge in [0.05, 0.1) is 8.07 Å².